The third-order valence-corrected chi connectivity index (χ3v) is 2.27. The minimum atomic E-state index is -0.693. The van der Waals surface area contributed by atoms with Crippen molar-refractivity contribution < 1.29 is 9.63 Å². The molecule has 1 N–H and O–H groups in total. The first kappa shape index (κ1) is 6.85. The Balaban J connectivity index is 2.28. The van der Waals surface area contributed by atoms with E-state index in [2.05, 4.69) is 5.16 Å². The van der Waals surface area contributed by atoms with Crippen LogP contribution in [-0.4, -0.2) is 10.3 Å². The summed E-state index contributed by atoms with van der Waals surface area (Å²) >= 11 is 0. The molecule has 0 bridgehead atoms. The first-order valence-corrected chi connectivity index (χ1v) is 3.87. The fourth-order valence-electron chi connectivity index (χ4n) is 1.34. The number of nitrogens with zero attached hydrogens (tertiary/aromatic N) is 1. The number of rotatable bonds is 1. The molecule has 0 aliphatic heterocycles. The summed E-state index contributed by atoms with van der Waals surface area (Å²) in [6, 6.07) is 1.80. The lowest BCUT2D eigenvalue weighted by Crippen LogP contribution is -2.33. The topological polar surface area (TPSA) is 46.3 Å². The first-order valence-electron chi connectivity index (χ1n) is 3.87. The van der Waals surface area contributed by atoms with E-state index in [1.165, 1.54) is 0 Å². The van der Waals surface area contributed by atoms with Crippen LogP contribution in [0.4, 0.5) is 0 Å². The maximum Gasteiger partial charge on any atom is 0.168 e. The van der Waals surface area contributed by atoms with Gasteiger partial charge < -0.3 is 9.63 Å². The van der Waals surface area contributed by atoms with Gasteiger partial charge in [-0.15, -0.1) is 0 Å². The van der Waals surface area contributed by atoms with Gasteiger partial charge in [-0.25, -0.2) is 0 Å². The number of aryl methyl sites for hydroxylation is 1. The third-order valence-electron chi connectivity index (χ3n) is 2.27. The summed E-state index contributed by atoms with van der Waals surface area (Å²) in [5.41, 5.74) is 0.140. The smallest absolute Gasteiger partial charge is 0.168 e. The zero-order chi connectivity index (χ0) is 7.90. The quantitative estimate of drug-likeness (QED) is 0.662. The standard InChI is InChI=1S/C8H11NO2/c1-6-5-7(11-9-6)8(10)3-2-4-8/h5,10H,2-4H2,1H3. The van der Waals surface area contributed by atoms with Gasteiger partial charge in [-0.2, -0.15) is 0 Å². The van der Waals surface area contributed by atoms with Gasteiger partial charge in [0.1, 0.15) is 5.60 Å². The van der Waals surface area contributed by atoms with Gasteiger partial charge in [0, 0.05) is 6.07 Å². The normalized spacial score (nSPS) is 21.3. The molecule has 0 amide bonds. The molecule has 60 valence electrons. The SMILES string of the molecule is Cc1cc(C2(O)CCC2)on1. The Morgan fingerprint density at radius 1 is 1.64 bits per heavy atom. The Labute approximate surface area is 65.0 Å². The summed E-state index contributed by atoms with van der Waals surface area (Å²) in [6.07, 6.45) is 2.69. The van der Waals surface area contributed by atoms with E-state index in [4.69, 9.17) is 4.52 Å². The van der Waals surface area contributed by atoms with Crippen molar-refractivity contribution in [2.45, 2.75) is 31.8 Å². The van der Waals surface area contributed by atoms with Crippen molar-refractivity contribution in [1.82, 2.24) is 5.16 Å². The predicted octanol–water partition coefficient (Wildman–Crippen LogP) is 1.35. The molecule has 3 nitrogen and oxygen atoms in total. The van der Waals surface area contributed by atoms with Crippen molar-refractivity contribution in [3.8, 4) is 0 Å². The van der Waals surface area contributed by atoms with E-state index in [1.807, 2.05) is 6.92 Å². The molecule has 1 saturated carbocycles. The van der Waals surface area contributed by atoms with Gasteiger partial charge in [0.25, 0.3) is 0 Å². The molecule has 1 aliphatic rings. The lowest BCUT2D eigenvalue weighted by Gasteiger charge is -2.33. The molecule has 0 radical (unpaired) electrons. The van der Waals surface area contributed by atoms with Gasteiger partial charge in [-0.1, -0.05) is 5.16 Å². The highest BCUT2D eigenvalue weighted by Crippen LogP contribution is 2.40. The second-order valence-corrected chi connectivity index (χ2v) is 3.22. The third kappa shape index (κ3) is 0.959. The molecule has 0 aromatic carbocycles. The molecule has 2 rings (SSSR count). The van der Waals surface area contributed by atoms with E-state index in [0.717, 1.165) is 25.0 Å². The zero-order valence-corrected chi connectivity index (χ0v) is 6.50. The van der Waals surface area contributed by atoms with Crippen LogP contribution < -0.4 is 0 Å². The van der Waals surface area contributed by atoms with E-state index in [0.29, 0.717) is 5.76 Å². The van der Waals surface area contributed by atoms with E-state index in [9.17, 15) is 5.11 Å². The van der Waals surface area contributed by atoms with E-state index in [-0.39, 0.29) is 0 Å². The highest BCUT2D eigenvalue weighted by atomic mass is 16.5. The summed E-state index contributed by atoms with van der Waals surface area (Å²) < 4.78 is 4.97. The van der Waals surface area contributed by atoms with Crippen LogP contribution in [0.15, 0.2) is 10.6 Å². The fraction of sp³-hybridized carbons (Fsp3) is 0.625. The number of hydrogen-bond donors (Lipinski definition) is 1. The number of hydrogen-bond acceptors (Lipinski definition) is 3. The molecule has 3 heteroatoms. The molecule has 1 fully saturated rings. The average molecular weight is 153 g/mol. The maximum absolute atomic E-state index is 9.76. The van der Waals surface area contributed by atoms with Crippen molar-refractivity contribution in [2.24, 2.45) is 0 Å². The molecule has 0 atom stereocenters. The van der Waals surface area contributed by atoms with Gasteiger partial charge in [-0.3, -0.25) is 0 Å². The van der Waals surface area contributed by atoms with Crippen molar-refractivity contribution in [1.29, 1.82) is 0 Å². The second kappa shape index (κ2) is 2.08. The lowest BCUT2D eigenvalue weighted by atomic mass is 9.78. The number of aromatic nitrogens is 1. The summed E-state index contributed by atoms with van der Waals surface area (Å²) in [7, 11) is 0. The van der Waals surface area contributed by atoms with Crippen molar-refractivity contribution in [3.63, 3.8) is 0 Å². The minimum absolute atomic E-state index is 0.626. The van der Waals surface area contributed by atoms with Gasteiger partial charge in [0.15, 0.2) is 5.76 Å². The van der Waals surface area contributed by atoms with Crippen LogP contribution in [0.1, 0.15) is 30.7 Å². The van der Waals surface area contributed by atoms with E-state index < -0.39 is 5.60 Å². The summed E-state index contributed by atoms with van der Waals surface area (Å²) in [5, 5.41) is 13.5. The Kier molecular flexibility index (Phi) is 1.29. The van der Waals surface area contributed by atoms with Crippen LogP contribution in [-0.2, 0) is 5.60 Å². The molecular weight excluding hydrogens is 142 g/mol. The molecule has 0 spiro atoms. The number of aliphatic hydroxyl groups is 1. The zero-order valence-electron chi connectivity index (χ0n) is 6.50. The van der Waals surface area contributed by atoms with Gasteiger partial charge in [0.2, 0.25) is 0 Å². The van der Waals surface area contributed by atoms with Crippen LogP contribution in [0.5, 0.6) is 0 Å². The lowest BCUT2D eigenvalue weighted by molar-refractivity contribution is -0.0602. The first-order chi connectivity index (χ1) is 5.21. The van der Waals surface area contributed by atoms with Crippen LogP contribution in [0.2, 0.25) is 0 Å². The molecule has 1 aliphatic carbocycles. The highest BCUT2D eigenvalue weighted by Gasteiger charge is 2.39. The maximum atomic E-state index is 9.76. The monoisotopic (exact) mass is 153 g/mol. The Hall–Kier alpha value is -0.830. The highest BCUT2D eigenvalue weighted by molar-refractivity contribution is 5.14. The van der Waals surface area contributed by atoms with Crippen molar-refractivity contribution >= 4 is 0 Å². The molecule has 11 heavy (non-hydrogen) atoms. The fourth-order valence-corrected chi connectivity index (χ4v) is 1.34. The summed E-state index contributed by atoms with van der Waals surface area (Å²) in [4.78, 5) is 0. The minimum Gasteiger partial charge on any atom is -0.382 e. The molecule has 1 aromatic heterocycles. The van der Waals surface area contributed by atoms with Crippen LogP contribution in [0, 0.1) is 6.92 Å². The molecule has 0 unspecified atom stereocenters. The van der Waals surface area contributed by atoms with E-state index >= 15 is 0 Å². The summed E-state index contributed by atoms with van der Waals surface area (Å²) in [6.45, 7) is 1.86. The molecule has 0 saturated heterocycles. The molecule has 1 aromatic rings. The Morgan fingerprint density at radius 2 is 2.36 bits per heavy atom. The second-order valence-electron chi connectivity index (χ2n) is 3.22. The van der Waals surface area contributed by atoms with Crippen LogP contribution in [0.3, 0.4) is 0 Å². The van der Waals surface area contributed by atoms with Crippen molar-refractivity contribution in [2.75, 3.05) is 0 Å². The molecular formula is C8H11NO2. The molecule has 1 heterocycles. The van der Waals surface area contributed by atoms with Crippen LogP contribution >= 0.6 is 0 Å². The Bertz CT molecular complexity index is 263. The van der Waals surface area contributed by atoms with Crippen molar-refractivity contribution in [3.05, 3.63) is 17.5 Å². The predicted molar refractivity (Wildman–Crippen MR) is 39.0 cm³/mol. The van der Waals surface area contributed by atoms with Gasteiger partial charge in [0.05, 0.1) is 5.69 Å². The van der Waals surface area contributed by atoms with Gasteiger partial charge in [-0.05, 0) is 26.2 Å². The largest absolute Gasteiger partial charge is 0.382 e. The Morgan fingerprint density at radius 3 is 2.73 bits per heavy atom. The van der Waals surface area contributed by atoms with E-state index in [1.54, 1.807) is 6.07 Å². The average Bonchev–Trinajstić information content (AvgIpc) is 2.31. The summed E-state index contributed by atoms with van der Waals surface area (Å²) in [5.74, 6) is 0.626. The van der Waals surface area contributed by atoms with Crippen LogP contribution in [0.25, 0.3) is 0 Å². The van der Waals surface area contributed by atoms with Gasteiger partial charge >= 0.3 is 0 Å².